The molecule has 226 valence electrons. The van der Waals surface area contributed by atoms with E-state index in [4.69, 9.17) is 27.9 Å². The Kier molecular flexibility index (Phi) is 9.55. The number of benzene rings is 2. The van der Waals surface area contributed by atoms with E-state index in [-0.39, 0.29) is 0 Å². The fourth-order valence-corrected chi connectivity index (χ4v) is 7.23. The number of likely N-dealkylation sites (N-methyl/N-ethyl adjacent to an activating group) is 1. The second-order valence-electron chi connectivity index (χ2n) is 11.5. The Morgan fingerprint density at radius 2 is 1.69 bits per heavy atom. The molecule has 0 spiro atoms. The summed E-state index contributed by atoms with van der Waals surface area (Å²) in [5, 5.41) is 8.02. The summed E-state index contributed by atoms with van der Waals surface area (Å²) in [6.07, 6.45) is 3.86. The van der Waals surface area contributed by atoms with Crippen molar-refractivity contribution in [3.05, 3.63) is 52.1 Å². The van der Waals surface area contributed by atoms with Crippen LogP contribution in [0.4, 0.5) is 28.8 Å². The average Bonchev–Trinajstić information content (AvgIpc) is 2.95. The molecule has 1 aromatic heterocycles. The topological polar surface area (TPSA) is 85.9 Å². The second-order valence-corrected chi connectivity index (χ2v) is 15.6. The molecule has 3 aromatic rings. The lowest BCUT2D eigenvalue weighted by Gasteiger charge is -2.43. The zero-order chi connectivity index (χ0) is 30.0. The van der Waals surface area contributed by atoms with Crippen molar-refractivity contribution in [3.8, 4) is 5.75 Å². The van der Waals surface area contributed by atoms with Crippen molar-refractivity contribution in [1.29, 1.82) is 0 Å². The number of piperidine rings is 1. The molecule has 2 saturated heterocycles. The van der Waals surface area contributed by atoms with Gasteiger partial charge in [-0.3, -0.25) is 4.90 Å². The van der Waals surface area contributed by atoms with Crippen LogP contribution in [-0.4, -0.2) is 92.6 Å². The highest BCUT2D eigenvalue weighted by Crippen LogP contribution is 2.40. The van der Waals surface area contributed by atoms with Crippen LogP contribution in [0.3, 0.4) is 0 Å². The van der Waals surface area contributed by atoms with Crippen LogP contribution in [0.15, 0.2) is 36.5 Å². The lowest BCUT2D eigenvalue weighted by Crippen LogP contribution is -2.52. The highest BCUT2D eigenvalue weighted by molar-refractivity contribution is 7.70. The van der Waals surface area contributed by atoms with E-state index >= 15 is 0 Å². The number of aromatic nitrogens is 2. The van der Waals surface area contributed by atoms with E-state index in [1.54, 1.807) is 38.6 Å². The van der Waals surface area contributed by atoms with Crippen molar-refractivity contribution in [2.24, 2.45) is 0 Å². The van der Waals surface area contributed by atoms with E-state index in [1.807, 2.05) is 0 Å². The molecule has 12 heteroatoms. The third-order valence-electron chi connectivity index (χ3n) is 8.16. The third-order valence-corrected chi connectivity index (χ3v) is 10.2. The van der Waals surface area contributed by atoms with Crippen LogP contribution in [0, 0.1) is 6.92 Å². The minimum Gasteiger partial charge on any atom is -0.494 e. The van der Waals surface area contributed by atoms with Crippen LogP contribution in [0.5, 0.6) is 5.75 Å². The average molecular weight is 633 g/mol. The maximum Gasteiger partial charge on any atom is 0.229 e. The Morgan fingerprint density at radius 3 is 2.36 bits per heavy atom. The normalized spacial score (nSPS) is 17.4. The van der Waals surface area contributed by atoms with Crippen molar-refractivity contribution in [3.63, 3.8) is 0 Å². The number of nitrogens with zero attached hydrogens (tertiary/aromatic N) is 5. The fraction of sp³-hybridized carbons (Fsp3) is 0.467. The summed E-state index contributed by atoms with van der Waals surface area (Å²) in [5.74, 6) is 1.43. The summed E-state index contributed by atoms with van der Waals surface area (Å²) in [6, 6.07) is 10.1. The molecular formula is C30H40Cl2N7O2P. The minimum atomic E-state index is -2.59. The summed E-state index contributed by atoms with van der Waals surface area (Å²) >= 11 is 12.7. The summed E-state index contributed by atoms with van der Waals surface area (Å²) in [4.78, 5) is 16.6. The number of piperazine rings is 1. The van der Waals surface area contributed by atoms with Crippen LogP contribution >= 0.6 is 30.3 Å². The first-order valence-corrected chi connectivity index (χ1v) is 17.7. The molecule has 3 heterocycles. The van der Waals surface area contributed by atoms with Gasteiger partial charge >= 0.3 is 0 Å². The number of aryl methyl sites for hydroxylation is 1. The smallest absolute Gasteiger partial charge is 0.229 e. The van der Waals surface area contributed by atoms with Gasteiger partial charge in [0.1, 0.15) is 17.9 Å². The first-order valence-electron chi connectivity index (χ1n) is 14.3. The van der Waals surface area contributed by atoms with Crippen LogP contribution in [-0.2, 0) is 4.57 Å². The minimum absolute atomic E-state index is 0.326. The van der Waals surface area contributed by atoms with Gasteiger partial charge in [-0.25, -0.2) is 4.98 Å². The van der Waals surface area contributed by atoms with E-state index in [9.17, 15) is 4.57 Å². The molecule has 0 unspecified atom stereocenters. The number of hydrogen-bond donors (Lipinski definition) is 2. The van der Waals surface area contributed by atoms with Crippen molar-refractivity contribution in [1.82, 2.24) is 19.8 Å². The molecule has 0 amide bonds. The predicted molar refractivity (Wildman–Crippen MR) is 176 cm³/mol. The third kappa shape index (κ3) is 7.14. The molecule has 2 fully saturated rings. The zero-order valence-corrected chi connectivity index (χ0v) is 27.4. The Hall–Kier alpha value is -2.55. The molecule has 2 aliphatic heterocycles. The molecule has 9 nitrogen and oxygen atoms in total. The number of methoxy groups -OCH3 is 1. The Bertz CT molecular complexity index is 1470. The molecule has 2 N–H and O–H groups in total. The van der Waals surface area contributed by atoms with Crippen LogP contribution in [0.25, 0.3) is 0 Å². The van der Waals surface area contributed by atoms with E-state index in [2.05, 4.69) is 61.4 Å². The molecule has 2 aromatic carbocycles. The SMILES string of the molecule is COc1cc(N2CCC(N3CCN(C)CC3)CC2)c(C)cc1Nc1ncc(Cl)c(Nc2cc(Cl)ccc2P(C)(C)=O)n1. The van der Waals surface area contributed by atoms with Gasteiger partial charge in [0.25, 0.3) is 0 Å². The van der Waals surface area contributed by atoms with Gasteiger partial charge < -0.3 is 29.7 Å². The van der Waals surface area contributed by atoms with Gasteiger partial charge in [-0.1, -0.05) is 23.2 Å². The Morgan fingerprint density at radius 1 is 0.976 bits per heavy atom. The fourth-order valence-electron chi connectivity index (χ4n) is 5.78. The highest BCUT2D eigenvalue weighted by Gasteiger charge is 2.28. The number of ether oxygens (including phenoxy) is 1. The Balaban J connectivity index is 1.32. The van der Waals surface area contributed by atoms with E-state index in [0.717, 1.165) is 50.5 Å². The van der Waals surface area contributed by atoms with Gasteiger partial charge in [0.2, 0.25) is 5.95 Å². The molecule has 0 saturated carbocycles. The summed E-state index contributed by atoms with van der Waals surface area (Å²) in [5.41, 5.74) is 3.69. The van der Waals surface area contributed by atoms with Gasteiger partial charge in [0, 0.05) is 67.4 Å². The van der Waals surface area contributed by atoms with Crippen molar-refractivity contribution < 1.29 is 9.30 Å². The zero-order valence-electron chi connectivity index (χ0n) is 25.0. The van der Waals surface area contributed by atoms with Gasteiger partial charge in [-0.2, -0.15) is 4.98 Å². The standard InChI is InChI=1S/C30H40Cl2N7O2P/c1-20-16-24(27(41-3)18-26(20)39-10-8-22(9-11-39)38-14-12-37(2)13-15-38)35-30-33-19-23(32)29(36-30)34-25-17-21(31)6-7-28(25)42(4,5)40/h6-7,16-19,22H,8-15H2,1-5H3,(H2,33,34,35,36). The molecule has 0 radical (unpaired) electrons. The van der Waals surface area contributed by atoms with E-state index in [0.29, 0.717) is 44.6 Å². The lowest BCUT2D eigenvalue weighted by atomic mass is 10.0. The molecular weight excluding hydrogens is 592 g/mol. The van der Waals surface area contributed by atoms with Crippen LogP contribution in [0.2, 0.25) is 10.0 Å². The number of hydrogen-bond acceptors (Lipinski definition) is 9. The second kappa shape index (κ2) is 13.0. The predicted octanol–water partition coefficient (Wildman–Crippen LogP) is 6.05. The van der Waals surface area contributed by atoms with Crippen molar-refractivity contribution in [2.75, 3.05) is 82.3 Å². The van der Waals surface area contributed by atoms with E-state index in [1.165, 1.54) is 24.7 Å². The van der Waals surface area contributed by atoms with Gasteiger partial charge in [-0.15, -0.1) is 0 Å². The molecule has 0 bridgehead atoms. The summed E-state index contributed by atoms with van der Waals surface area (Å²) in [7, 11) is 1.29. The largest absolute Gasteiger partial charge is 0.494 e. The summed E-state index contributed by atoms with van der Waals surface area (Å²) < 4.78 is 18.7. The first kappa shape index (κ1) is 30.9. The van der Waals surface area contributed by atoms with Gasteiger partial charge in [-0.05, 0) is 70.0 Å². The van der Waals surface area contributed by atoms with Gasteiger partial charge in [0.15, 0.2) is 5.82 Å². The van der Waals surface area contributed by atoms with Crippen molar-refractivity contribution in [2.45, 2.75) is 25.8 Å². The van der Waals surface area contributed by atoms with Gasteiger partial charge in [0.05, 0.1) is 24.7 Å². The quantitative estimate of drug-likeness (QED) is 0.288. The monoisotopic (exact) mass is 631 g/mol. The number of nitrogens with one attached hydrogen (secondary N) is 2. The Labute approximate surface area is 258 Å². The number of rotatable bonds is 8. The molecule has 0 aliphatic carbocycles. The maximum absolute atomic E-state index is 12.9. The van der Waals surface area contributed by atoms with Crippen molar-refractivity contribution >= 4 is 64.5 Å². The molecule has 42 heavy (non-hydrogen) atoms. The lowest BCUT2D eigenvalue weighted by molar-refractivity contribution is 0.0982. The molecule has 5 rings (SSSR count). The van der Waals surface area contributed by atoms with E-state index < -0.39 is 7.14 Å². The van der Waals surface area contributed by atoms with Crippen LogP contribution in [0.1, 0.15) is 18.4 Å². The summed E-state index contributed by atoms with van der Waals surface area (Å²) in [6.45, 7) is 12.2. The first-order chi connectivity index (χ1) is 20.0. The number of anilines is 5. The van der Waals surface area contributed by atoms with Crippen LogP contribution < -0.4 is 25.6 Å². The number of halogens is 2. The maximum atomic E-state index is 12.9. The molecule has 2 aliphatic rings. The molecule has 0 atom stereocenters. The highest BCUT2D eigenvalue weighted by atomic mass is 35.5.